The van der Waals surface area contributed by atoms with Gasteiger partial charge in [0, 0.05) is 25.4 Å². The SMILES string of the molecule is CCN(CC1CC1)c1ncc(C(=O)O)cc1[N+](=O)[O-]. The van der Waals surface area contributed by atoms with E-state index in [1.54, 1.807) is 0 Å². The number of anilines is 1. The quantitative estimate of drug-likeness (QED) is 0.623. The lowest BCUT2D eigenvalue weighted by molar-refractivity contribution is -0.384. The Bertz CT molecular complexity index is 514. The molecule has 0 spiro atoms. The summed E-state index contributed by atoms with van der Waals surface area (Å²) < 4.78 is 0. The Hall–Kier alpha value is -2.18. The van der Waals surface area contributed by atoms with Crippen LogP contribution >= 0.6 is 0 Å². The molecule has 2 rings (SSSR count). The lowest BCUT2D eigenvalue weighted by Gasteiger charge is -2.21. The van der Waals surface area contributed by atoms with E-state index in [1.807, 2.05) is 11.8 Å². The number of nitrogens with zero attached hydrogens (tertiary/aromatic N) is 3. The second-order valence-electron chi connectivity index (χ2n) is 4.61. The smallest absolute Gasteiger partial charge is 0.337 e. The van der Waals surface area contributed by atoms with Crippen LogP contribution in [0.4, 0.5) is 11.5 Å². The van der Waals surface area contributed by atoms with Gasteiger partial charge in [-0.05, 0) is 25.7 Å². The van der Waals surface area contributed by atoms with Gasteiger partial charge in [0.25, 0.3) is 0 Å². The molecule has 0 aliphatic heterocycles. The number of hydrogen-bond donors (Lipinski definition) is 1. The molecule has 1 aliphatic rings. The van der Waals surface area contributed by atoms with E-state index < -0.39 is 10.9 Å². The highest BCUT2D eigenvalue weighted by atomic mass is 16.6. The summed E-state index contributed by atoms with van der Waals surface area (Å²) in [5, 5.41) is 19.9. The largest absolute Gasteiger partial charge is 0.478 e. The summed E-state index contributed by atoms with van der Waals surface area (Å²) in [7, 11) is 0. The van der Waals surface area contributed by atoms with Crippen LogP contribution in [0.3, 0.4) is 0 Å². The van der Waals surface area contributed by atoms with Crippen molar-refractivity contribution in [1.29, 1.82) is 0 Å². The van der Waals surface area contributed by atoms with Gasteiger partial charge in [0.05, 0.1) is 10.5 Å². The minimum atomic E-state index is -1.22. The number of hydrogen-bond acceptors (Lipinski definition) is 5. The fourth-order valence-corrected chi connectivity index (χ4v) is 1.92. The van der Waals surface area contributed by atoms with Crippen molar-refractivity contribution in [3.8, 4) is 0 Å². The standard InChI is InChI=1S/C12H15N3O4/c1-2-14(7-8-3-4-8)11-10(15(18)19)5-9(6-13-11)12(16)17/h5-6,8H,2-4,7H2,1H3,(H,16,17). The zero-order chi connectivity index (χ0) is 14.0. The van der Waals surface area contributed by atoms with Crippen LogP contribution in [-0.4, -0.2) is 34.1 Å². The summed E-state index contributed by atoms with van der Waals surface area (Å²) in [5.74, 6) is -0.391. The Kier molecular flexibility index (Phi) is 3.64. The number of carbonyl (C=O) groups is 1. The average molecular weight is 265 g/mol. The Morgan fingerprint density at radius 2 is 2.32 bits per heavy atom. The maximum atomic E-state index is 11.1. The molecule has 0 atom stereocenters. The molecule has 0 radical (unpaired) electrons. The van der Waals surface area contributed by atoms with Crippen LogP contribution in [0.25, 0.3) is 0 Å². The first-order valence-electron chi connectivity index (χ1n) is 6.15. The van der Waals surface area contributed by atoms with Gasteiger partial charge in [-0.3, -0.25) is 10.1 Å². The zero-order valence-corrected chi connectivity index (χ0v) is 10.6. The molecule has 1 aromatic rings. The van der Waals surface area contributed by atoms with Crippen molar-refractivity contribution in [2.24, 2.45) is 5.92 Å². The van der Waals surface area contributed by atoms with Gasteiger partial charge in [0.1, 0.15) is 0 Å². The second kappa shape index (κ2) is 5.21. The van der Waals surface area contributed by atoms with E-state index in [0.29, 0.717) is 12.5 Å². The summed E-state index contributed by atoms with van der Waals surface area (Å²) in [6, 6.07) is 1.07. The van der Waals surface area contributed by atoms with Gasteiger partial charge in [-0.15, -0.1) is 0 Å². The van der Waals surface area contributed by atoms with Crippen LogP contribution in [0.5, 0.6) is 0 Å². The topological polar surface area (TPSA) is 96.6 Å². The normalized spacial score (nSPS) is 14.2. The summed E-state index contributed by atoms with van der Waals surface area (Å²) in [6.07, 6.45) is 3.44. The predicted molar refractivity (Wildman–Crippen MR) is 68.5 cm³/mol. The van der Waals surface area contributed by atoms with Crippen LogP contribution < -0.4 is 4.90 Å². The molecule has 7 nitrogen and oxygen atoms in total. The fraction of sp³-hybridized carbons (Fsp3) is 0.500. The molecule has 1 aliphatic carbocycles. The van der Waals surface area contributed by atoms with Crippen LogP contribution in [-0.2, 0) is 0 Å². The first kappa shape index (κ1) is 13.3. The van der Waals surface area contributed by atoms with Gasteiger partial charge in [-0.1, -0.05) is 0 Å². The molecule has 0 bridgehead atoms. The summed E-state index contributed by atoms with van der Waals surface area (Å²) >= 11 is 0. The highest BCUT2D eigenvalue weighted by Crippen LogP contribution is 2.33. The molecule has 0 aromatic carbocycles. The Morgan fingerprint density at radius 1 is 1.63 bits per heavy atom. The van der Waals surface area contributed by atoms with Gasteiger partial charge < -0.3 is 10.0 Å². The molecule has 0 unspecified atom stereocenters. The van der Waals surface area contributed by atoms with Crippen molar-refractivity contribution in [2.75, 3.05) is 18.0 Å². The Labute approximate surface area is 110 Å². The first-order valence-corrected chi connectivity index (χ1v) is 6.15. The van der Waals surface area contributed by atoms with E-state index in [2.05, 4.69) is 4.98 Å². The molecule has 1 fully saturated rings. The number of carboxylic acid groups (broad SMARTS) is 1. The molecule has 7 heteroatoms. The molecule has 0 amide bonds. The van der Waals surface area contributed by atoms with Crippen LogP contribution in [0.2, 0.25) is 0 Å². The minimum absolute atomic E-state index is 0.169. The van der Waals surface area contributed by atoms with Gasteiger partial charge in [0.15, 0.2) is 0 Å². The number of aromatic nitrogens is 1. The molecule has 1 saturated carbocycles. The molecular weight excluding hydrogens is 250 g/mol. The van der Waals surface area contributed by atoms with E-state index in [4.69, 9.17) is 5.11 Å². The van der Waals surface area contributed by atoms with Crippen molar-refractivity contribution in [3.05, 3.63) is 27.9 Å². The maximum absolute atomic E-state index is 11.1. The van der Waals surface area contributed by atoms with Gasteiger partial charge >= 0.3 is 11.7 Å². The van der Waals surface area contributed by atoms with Gasteiger partial charge in [-0.25, -0.2) is 9.78 Å². The third-order valence-corrected chi connectivity index (χ3v) is 3.15. The monoisotopic (exact) mass is 265 g/mol. The summed E-state index contributed by atoms with van der Waals surface area (Å²) in [5.41, 5.74) is -0.416. The number of pyridine rings is 1. The number of nitro groups is 1. The van der Waals surface area contributed by atoms with Crippen molar-refractivity contribution in [1.82, 2.24) is 4.98 Å². The number of aromatic carboxylic acids is 1. The Balaban J connectivity index is 2.36. The van der Waals surface area contributed by atoms with Crippen LogP contribution in [0, 0.1) is 16.0 Å². The molecule has 1 heterocycles. The van der Waals surface area contributed by atoms with Crippen molar-refractivity contribution >= 4 is 17.5 Å². The molecule has 102 valence electrons. The van der Waals surface area contributed by atoms with E-state index in [9.17, 15) is 14.9 Å². The third kappa shape index (κ3) is 2.98. The molecule has 0 saturated heterocycles. The van der Waals surface area contributed by atoms with E-state index in [0.717, 1.165) is 25.5 Å². The molecular formula is C12H15N3O4. The zero-order valence-electron chi connectivity index (χ0n) is 10.6. The maximum Gasteiger partial charge on any atom is 0.337 e. The molecule has 1 N–H and O–H groups in total. The first-order chi connectivity index (χ1) is 9.02. The lowest BCUT2D eigenvalue weighted by atomic mass is 10.2. The third-order valence-electron chi connectivity index (χ3n) is 3.15. The van der Waals surface area contributed by atoms with Crippen molar-refractivity contribution in [3.63, 3.8) is 0 Å². The van der Waals surface area contributed by atoms with Crippen LogP contribution in [0.15, 0.2) is 12.3 Å². The minimum Gasteiger partial charge on any atom is -0.478 e. The lowest BCUT2D eigenvalue weighted by Crippen LogP contribution is -2.27. The second-order valence-corrected chi connectivity index (χ2v) is 4.61. The average Bonchev–Trinajstić information content (AvgIpc) is 3.19. The molecule has 19 heavy (non-hydrogen) atoms. The number of carboxylic acids is 1. The predicted octanol–water partition coefficient (Wildman–Crippen LogP) is 1.92. The summed E-state index contributed by atoms with van der Waals surface area (Å²) in [4.78, 5) is 27.1. The van der Waals surface area contributed by atoms with Gasteiger partial charge in [-0.2, -0.15) is 0 Å². The van der Waals surface area contributed by atoms with Gasteiger partial charge in [0.2, 0.25) is 5.82 Å². The summed E-state index contributed by atoms with van der Waals surface area (Å²) in [6.45, 7) is 3.24. The Morgan fingerprint density at radius 3 is 2.79 bits per heavy atom. The van der Waals surface area contributed by atoms with Crippen molar-refractivity contribution < 1.29 is 14.8 Å². The van der Waals surface area contributed by atoms with E-state index in [-0.39, 0.29) is 17.1 Å². The highest BCUT2D eigenvalue weighted by molar-refractivity contribution is 5.88. The van der Waals surface area contributed by atoms with E-state index >= 15 is 0 Å². The fourth-order valence-electron chi connectivity index (χ4n) is 1.92. The van der Waals surface area contributed by atoms with E-state index in [1.165, 1.54) is 6.20 Å². The molecule has 1 aromatic heterocycles. The van der Waals surface area contributed by atoms with Crippen LogP contribution in [0.1, 0.15) is 30.1 Å². The highest BCUT2D eigenvalue weighted by Gasteiger charge is 2.28. The van der Waals surface area contributed by atoms with Crippen molar-refractivity contribution in [2.45, 2.75) is 19.8 Å². The number of rotatable bonds is 6.